The number of rotatable bonds is 7. The third kappa shape index (κ3) is 6.22. The first-order chi connectivity index (χ1) is 11.5. The molecule has 1 heterocycles. The van der Waals surface area contributed by atoms with Crippen molar-refractivity contribution in [2.75, 3.05) is 32.8 Å². The maximum atomic E-state index is 13.2. The van der Waals surface area contributed by atoms with Gasteiger partial charge in [-0.05, 0) is 23.6 Å². The summed E-state index contributed by atoms with van der Waals surface area (Å²) in [5, 5.41) is 2.97. The fourth-order valence-electron chi connectivity index (χ4n) is 2.86. The van der Waals surface area contributed by atoms with Crippen LogP contribution in [0.2, 0.25) is 0 Å². The molecule has 0 aliphatic carbocycles. The largest absolute Gasteiger partial charge is 0.379 e. The fraction of sp³-hybridized carbons (Fsp3) is 0.611. The fourth-order valence-corrected chi connectivity index (χ4v) is 2.86. The van der Waals surface area contributed by atoms with Crippen LogP contribution < -0.4 is 11.1 Å². The molecule has 0 bridgehead atoms. The van der Waals surface area contributed by atoms with Crippen molar-refractivity contribution in [2.24, 2.45) is 11.7 Å². The second kappa shape index (κ2) is 10.7. The lowest BCUT2D eigenvalue weighted by Crippen LogP contribution is -2.48. The summed E-state index contributed by atoms with van der Waals surface area (Å²) in [7, 11) is 0. The highest BCUT2D eigenvalue weighted by Gasteiger charge is 2.25. The standard InChI is InChI=1S/C18H28FN3O2.ClH/c1-3-13(2)17(20)18(23)21-12-16(22-8-10-24-11-9-22)14-4-6-15(19)7-5-14;/h4-7,13,16-17H,3,8-12,20H2,1-2H3,(H,21,23);1H. The van der Waals surface area contributed by atoms with Gasteiger partial charge in [-0.1, -0.05) is 32.4 Å². The number of amides is 1. The van der Waals surface area contributed by atoms with Crippen LogP contribution in [-0.2, 0) is 9.53 Å². The van der Waals surface area contributed by atoms with Gasteiger partial charge in [0.05, 0.1) is 25.3 Å². The van der Waals surface area contributed by atoms with Crippen molar-refractivity contribution in [3.05, 3.63) is 35.6 Å². The number of carbonyl (C=O) groups is 1. The average molecular weight is 374 g/mol. The highest BCUT2D eigenvalue weighted by Crippen LogP contribution is 2.22. The number of halogens is 2. The van der Waals surface area contributed by atoms with E-state index in [9.17, 15) is 9.18 Å². The predicted octanol–water partition coefficient (Wildman–Crippen LogP) is 2.11. The van der Waals surface area contributed by atoms with Crippen molar-refractivity contribution >= 4 is 18.3 Å². The van der Waals surface area contributed by atoms with E-state index in [0.29, 0.717) is 19.8 Å². The van der Waals surface area contributed by atoms with Crippen LogP contribution in [0.5, 0.6) is 0 Å². The molecule has 0 saturated carbocycles. The van der Waals surface area contributed by atoms with Crippen LogP contribution in [0.15, 0.2) is 24.3 Å². The first-order valence-corrected chi connectivity index (χ1v) is 8.63. The van der Waals surface area contributed by atoms with Crippen molar-refractivity contribution in [1.29, 1.82) is 0 Å². The molecule has 0 radical (unpaired) electrons. The molecule has 5 nitrogen and oxygen atoms in total. The Kier molecular flexibility index (Phi) is 9.35. The van der Waals surface area contributed by atoms with Gasteiger partial charge in [-0.2, -0.15) is 0 Å². The number of nitrogens with zero attached hydrogens (tertiary/aromatic N) is 1. The number of carbonyl (C=O) groups excluding carboxylic acids is 1. The summed E-state index contributed by atoms with van der Waals surface area (Å²) in [5.41, 5.74) is 6.98. The molecule has 3 unspecified atom stereocenters. The van der Waals surface area contributed by atoms with E-state index in [1.807, 2.05) is 13.8 Å². The van der Waals surface area contributed by atoms with E-state index in [2.05, 4.69) is 10.2 Å². The molecule has 1 aromatic carbocycles. The zero-order chi connectivity index (χ0) is 17.5. The van der Waals surface area contributed by atoms with E-state index >= 15 is 0 Å². The van der Waals surface area contributed by atoms with Crippen LogP contribution in [0.3, 0.4) is 0 Å². The van der Waals surface area contributed by atoms with Crippen molar-refractivity contribution < 1.29 is 13.9 Å². The molecule has 142 valence electrons. The monoisotopic (exact) mass is 373 g/mol. The summed E-state index contributed by atoms with van der Waals surface area (Å²) in [6.45, 7) is 7.35. The number of hydrogen-bond acceptors (Lipinski definition) is 4. The molecule has 1 aliphatic heterocycles. The Morgan fingerprint density at radius 2 is 1.92 bits per heavy atom. The first-order valence-electron chi connectivity index (χ1n) is 8.63. The van der Waals surface area contributed by atoms with Crippen molar-refractivity contribution in [3.63, 3.8) is 0 Å². The van der Waals surface area contributed by atoms with Gasteiger partial charge in [-0.3, -0.25) is 9.69 Å². The quantitative estimate of drug-likeness (QED) is 0.768. The van der Waals surface area contributed by atoms with E-state index in [1.165, 1.54) is 12.1 Å². The first kappa shape index (κ1) is 21.8. The molecule has 3 atom stereocenters. The number of morpholine rings is 1. The highest BCUT2D eigenvalue weighted by atomic mass is 35.5. The van der Waals surface area contributed by atoms with Crippen LogP contribution in [0.1, 0.15) is 31.9 Å². The summed E-state index contributed by atoms with van der Waals surface area (Å²) in [4.78, 5) is 14.5. The number of benzene rings is 1. The zero-order valence-corrected chi connectivity index (χ0v) is 15.7. The van der Waals surface area contributed by atoms with Gasteiger partial charge in [0, 0.05) is 19.6 Å². The molecule has 0 spiro atoms. The van der Waals surface area contributed by atoms with Crippen molar-refractivity contribution in [2.45, 2.75) is 32.4 Å². The molecular weight excluding hydrogens is 345 g/mol. The van der Waals surface area contributed by atoms with E-state index in [4.69, 9.17) is 10.5 Å². The van der Waals surface area contributed by atoms with Gasteiger partial charge in [-0.15, -0.1) is 12.4 Å². The lowest BCUT2D eigenvalue weighted by Gasteiger charge is -2.35. The lowest BCUT2D eigenvalue weighted by atomic mass is 9.99. The summed E-state index contributed by atoms with van der Waals surface area (Å²) >= 11 is 0. The van der Waals surface area contributed by atoms with Gasteiger partial charge in [0.25, 0.3) is 0 Å². The average Bonchev–Trinajstić information content (AvgIpc) is 2.62. The van der Waals surface area contributed by atoms with Crippen LogP contribution in [0, 0.1) is 11.7 Å². The molecule has 7 heteroatoms. The smallest absolute Gasteiger partial charge is 0.237 e. The predicted molar refractivity (Wildman–Crippen MR) is 99.2 cm³/mol. The zero-order valence-electron chi connectivity index (χ0n) is 14.9. The maximum absolute atomic E-state index is 13.2. The van der Waals surface area contributed by atoms with Gasteiger partial charge < -0.3 is 15.8 Å². The molecular formula is C18H29ClFN3O2. The number of hydrogen-bond donors (Lipinski definition) is 2. The number of nitrogens with two attached hydrogens (primary N) is 1. The molecule has 1 amide bonds. The van der Waals surface area contributed by atoms with Crippen molar-refractivity contribution in [3.8, 4) is 0 Å². The summed E-state index contributed by atoms with van der Waals surface area (Å²) < 4.78 is 18.6. The van der Waals surface area contributed by atoms with Gasteiger partial charge in [0.15, 0.2) is 0 Å². The molecule has 1 aliphatic rings. The highest BCUT2D eigenvalue weighted by molar-refractivity contribution is 5.85. The molecule has 1 saturated heterocycles. The molecule has 1 fully saturated rings. The SMILES string of the molecule is CCC(C)C(N)C(=O)NCC(c1ccc(F)cc1)N1CCOCC1.Cl. The number of ether oxygens (including phenoxy) is 1. The Hall–Kier alpha value is -1.21. The maximum Gasteiger partial charge on any atom is 0.237 e. The minimum Gasteiger partial charge on any atom is -0.379 e. The normalized spacial score (nSPS) is 18.7. The Bertz CT molecular complexity index is 524. The Morgan fingerprint density at radius 3 is 2.48 bits per heavy atom. The Labute approximate surface area is 155 Å². The van der Waals surface area contributed by atoms with Crippen LogP contribution >= 0.6 is 12.4 Å². The van der Waals surface area contributed by atoms with Gasteiger partial charge in [-0.25, -0.2) is 4.39 Å². The van der Waals surface area contributed by atoms with E-state index < -0.39 is 6.04 Å². The third-order valence-electron chi connectivity index (χ3n) is 4.77. The van der Waals surface area contributed by atoms with Crippen LogP contribution in [-0.4, -0.2) is 49.7 Å². The summed E-state index contributed by atoms with van der Waals surface area (Å²) in [6, 6.07) is 5.94. The molecule has 1 aromatic rings. The van der Waals surface area contributed by atoms with Gasteiger partial charge in [0.1, 0.15) is 5.82 Å². The summed E-state index contributed by atoms with van der Waals surface area (Å²) in [5.74, 6) is -0.260. The van der Waals surface area contributed by atoms with E-state index in [0.717, 1.165) is 25.1 Å². The third-order valence-corrected chi connectivity index (χ3v) is 4.77. The van der Waals surface area contributed by atoms with Gasteiger partial charge in [0.2, 0.25) is 5.91 Å². The molecule has 3 N–H and O–H groups in total. The Balaban J connectivity index is 0.00000312. The topological polar surface area (TPSA) is 67.6 Å². The summed E-state index contributed by atoms with van der Waals surface area (Å²) in [6.07, 6.45) is 0.861. The molecule has 0 aromatic heterocycles. The second-order valence-electron chi connectivity index (χ2n) is 6.37. The van der Waals surface area contributed by atoms with Crippen LogP contribution in [0.4, 0.5) is 4.39 Å². The molecule has 2 rings (SSSR count). The van der Waals surface area contributed by atoms with Crippen molar-refractivity contribution in [1.82, 2.24) is 10.2 Å². The van der Waals surface area contributed by atoms with Crippen LogP contribution in [0.25, 0.3) is 0 Å². The van der Waals surface area contributed by atoms with E-state index in [1.54, 1.807) is 12.1 Å². The lowest BCUT2D eigenvalue weighted by molar-refractivity contribution is -0.123. The van der Waals surface area contributed by atoms with Gasteiger partial charge >= 0.3 is 0 Å². The minimum atomic E-state index is -0.506. The molecule has 25 heavy (non-hydrogen) atoms. The number of nitrogens with one attached hydrogen (secondary N) is 1. The second-order valence-corrected chi connectivity index (χ2v) is 6.37. The minimum absolute atomic E-state index is 0. The van der Waals surface area contributed by atoms with E-state index in [-0.39, 0.29) is 36.1 Å². The Morgan fingerprint density at radius 1 is 1.32 bits per heavy atom.